The summed E-state index contributed by atoms with van der Waals surface area (Å²) in [6.45, 7) is 8.80. The number of benzene rings is 1. The van der Waals surface area contributed by atoms with Gasteiger partial charge in [0.25, 0.3) is 5.91 Å². The Bertz CT molecular complexity index is 600. The Kier molecular flexibility index (Phi) is 5.61. The first-order valence-corrected chi connectivity index (χ1v) is 10.1. The van der Waals surface area contributed by atoms with E-state index in [-0.39, 0.29) is 23.0 Å². The number of amides is 1. The van der Waals surface area contributed by atoms with E-state index in [1.54, 1.807) is 0 Å². The number of hydrogen-bond donors (Lipinski definition) is 2. The van der Waals surface area contributed by atoms with Crippen molar-refractivity contribution < 1.29 is 9.53 Å². The van der Waals surface area contributed by atoms with Crippen molar-refractivity contribution in [3.63, 3.8) is 0 Å². The van der Waals surface area contributed by atoms with Gasteiger partial charge >= 0.3 is 0 Å². The van der Waals surface area contributed by atoms with Crippen LogP contribution in [-0.2, 0) is 0 Å². The van der Waals surface area contributed by atoms with Gasteiger partial charge in [0.2, 0.25) is 0 Å². The molecule has 3 rings (SSSR count). The maximum atomic E-state index is 12.7. The minimum atomic E-state index is 0.00714. The lowest BCUT2D eigenvalue weighted by molar-refractivity contribution is 0.0873. The van der Waals surface area contributed by atoms with Crippen molar-refractivity contribution >= 4 is 5.91 Å². The second-order valence-corrected chi connectivity index (χ2v) is 9.37. The molecule has 1 saturated heterocycles. The molecule has 26 heavy (non-hydrogen) atoms. The van der Waals surface area contributed by atoms with Gasteiger partial charge in [-0.1, -0.05) is 6.42 Å². The Morgan fingerprint density at radius 2 is 1.58 bits per heavy atom. The van der Waals surface area contributed by atoms with E-state index in [0.29, 0.717) is 11.7 Å². The SMILES string of the molecule is CC1(C)CC(NC(=O)c2ccc(OC3CCCCC3)cc2)CC(C)(C)N1. The minimum absolute atomic E-state index is 0.00714. The summed E-state index contributed by atoms with van der Waals surface area (Å²) < 4.78 is 6.05. The van der Waals surface area contributed by atoms with Crippen LogP contribution in [0.3, 0.4) is 0 Å². The maximum Gasteiger partial charge on any atom is 0.251 e. The summed E-state index contributed by atoms with van der Waals surface area (Å²) in [6.07, 6.45) is 8.33. The molecule has 2 fully saturated rings. The van der Waals surface area contributed by atoms with E-state index in [4.69, 9.17) is 4.74 Å². The normalized spacial score (nSPS) is 23.4. The van der Waals surface area contributed by atoms with Gasteiger partial charge < -0.3 is 15.4 Å². The molecule has 1 aliphatic carbocycles. The zero-order chi connectivity index (χ0) is 18.8. The summed E-state index contributed by atoms with van der Waals surface area (Å²) in [6, 6.07) is 7.81. The third-order valence-electron chi connectivity index (χ3n) is 5.50. The van der Waals surface area contributed by atoms with Crippen LogP contribution >= 0.6 is 0 Å². The highest BCUT2D eigenvalue weighted by molar-refractivity contribution is 5.94. The Labute approximate surface area is 158 Å². The average molecular weight is 359 g/mol. The van der Waals surface area contributed by atoms with Gasteiger partial charge in [-0.15, -0.1) is 0 Å². The summed E-state index contributed by atoms with van der Waals surface area (Å²) in [4.78, 5) is 12.7. The van der Waals surface area contributed by atoms with Crippen LogP contribution in [0.15, 0.2) is 24.3 Å². The Morgan fingerprint density at radius 1 is 1.00 bits per heavy atom. The van der Waals surface area contributed by atoms with Crippen LogP contribution in [0.2, 0.25) is 0 Å². The highest BCUT2D eigenvalue weighted by Crippen LogP contribution is 2.29. The lowest BCUT2D eigenvalue weighted by atomic mass is 9.79. The fourth-order valence-corrected chi connectivity index (χ4v) is 4.75. The Balaban J connectivity index is 1.57. The second-order valence-electron chi connectivity index (χ2n) is 9.37. The molecule has 0 bridgehead atoms. The molecule has 1 amide bonds. The largest absolute Gasteiger partial charge is 0.490 e. The van der Waals surface area contributed by atoms with Crippen LogP contribution in [0.5, 0.6) is 5.75 Å². The van der Waals surface area contributed by atoms with E-state index in [9.17, 15) is 4.79 Å². The van der Waals surface area contributed by atoms with Crippen LogP contribution in [0, 0.1) is 0 Å². The molecular weight excluding hydrogens is 324 g/mol. The van der Waals surface area contributed by atoms with Gasteiger partial charge in [0, 0.05) is 22.7 Å². The highest BCUT2D eigenvalue weighted by atomic mass is 16.5. The van der Waals surface area contributed by atoms with Gasteiger partial charge in [-0.25, -0.2) is 0 Å². The average Bonchev–Trinajstić information content (AvgIpc) is 2.53. The lowest BCUT2D eigenvalue weighted by Crippen LogP contribution is -2.62. The first-order valence-electron chi connectivity index (χ1n) is 10.1. The molecule has 1 aliphatic heterocycles. The first-order chi connectivity index (χ1) is 12.2. The van der Waals surface area contributed by atoms with E-state index >= 15 is 0 Å². The number of piperidine rings is 1. The predicted octanol–water partition coefficient (Wildman–Crippen LogP) is 4.44. The zero-order valence-corrected chi connectivity index (χ0v) is 16.7. The molecule has 0 unspecified atom stereocenters. The molecule has 2 N–H and O–H groups in total. The van der Waals surface area contributed by atoms with Gasteiger partial charge in [-0.05, 0) is 90.5 Å². The molecule has 2 aliphatic rings. The topological polar surface area (TPSA) is 50.4 Å². The fraction of sp³-hybridized carbons (Fsp3) is 0.682. The minimum Gasteiger partial charge on any atom is -0.490 e. The second kappa shape index (κ2) is 7.59. The molecule has 1 saturated carbocycles. The van der Waals surface area contributed by atoms with Crippen molar-refractivity contribution in [2.45, 2.75) is 95.9 Å². The third kappa shape index (κ3) is 5.23. The number of carbonyl (C=O) groups is 1. The fourth-order valence-electron chi connectivity index (χ4n) is 4.75. The van der Waals surface area contributed by atoms with Crippen molar-refractivity contribution in [3.05, 3.63) is 29.8 Å². The van der Waals surface area contributed by atoms with Crippen LogP contribution in [-0.4, -0.2) is 29.1 Å². The van der Waals surface area contributed by atoms with Crippen molar-refractivity contribution in [2.75, 3.05) is 0 Å². The van der Waals surface area contributed by atoms with Crippen molar-refractivity contribution in [1.82, 2.24) is 10.6 Å². The van der Waals surface area contributed by atoms with Gasteiger partial charge in [0.15, 0.2) is 0 Å². The Morgan fingerprint density at radius 3 is 2.15 bits per heavy atom. The summed E-state index contributed by atoms with van der Waals surface area (Å²) in [5.41, 5.74) is 0.754. The van der Waals surface area contributed by atoms with E-state index in [1.165, 1.54) is 19.3 Å². The molecule has 1 aromatic rings. The number of ether oxygens (including phenoxy) is 1. The molecule has 0 radical (unpaired) electrons. The Hall–Kier alpha value is -1.55. The van der Waals surface area contributed by atoms with E-state index in [1.807, 2.05) is 24.3 Å². The quantitative estimate of drug-likeness (QED) is 0.837. The summed E-state index contributed by atoms with van der Waals surface area (Å²) in [7, 11) is 0. The molecule has 4 nitrogen and oxygen atoms in total. The van der Waals surface area contributed by atoms with Crippen LogP contribution < -0.4 is 15.4 Å². The van der Waals surface area contributed by atoms with Gasteiger partial charge in [0.1, 0.15) is 5.75 Å². The third-order valence-corrected chi connectivity index (χ3v) is 5.50. The van der Waals surface area contributed by atoms with Crippen LogP contribution in [0.25, 0.3) is 0 Å². The molecule has 1 aromatic carbocycles. The van der Waals surface area contributed by atoms with Crippen molar-refractivity contribution in [3.8, 4) is 5.75 Å². The van der Waals surface area contributed by atoms with Gasteiger partial charge in [-0.2, -0.15) is 0 Å². The summed E-state index contributed by atoms with van der Waals surface area (Å²) in [5.74, 6) is 0.880. The molecule has 0 atom stereocenters. The molecule has 144 valence electrons. The monoisotopic (exact) mass is 358 g/mol. The number of rotatable bonds is 4. The van der Waals surface area contributed by atoms with E-state index < -0.39 is 0 Å². The molecule has 0 aromatic heterocycles. The molecule has 1 heterocycles. The number of carbonyl (C=O) groups excluding carboxylic acids is 1. The molecule has 4 heteroatoms. The zero-order valence-electron chi connectivity index (χ0n) is 16.7. The standard InChI is InChI=1S/C22H34N2O2/c1-21(2)14-17(15-22(3,4)24-21)23-20(25)16-10-12-19(13-11-16)26-18-8-6-5-7-9-18/h10-13,17-18,24H,5-9,14-15H2,1-4H3,(H,23,25). The number of hydrogen-bond acceptors (Lipinski definition) is 3. The predicted molar refractivity (Wildman–Crippen MR) is 106 cm³/mol. The smallest absolute Gasteiger partial charge is 0.251 e. The summed E-state index contributed by atoms with van der Waals surface area (Å²) in [5, 5.41) is 6.88. The van der Waals surface area contributed by atoms with Crippen LogP contribution in [0.4, 0.5) is 0 Å². The van der Waals surface area contributed by atoms with Crippen LogP contribution in [0.1, 0.15) is 83.0 Å². The van der Waals surface area contributed by atoms with Crippen molar-refractivity contribution in [1.29, 1.82) is 0 Å². The van der Waals surface area contributed by atoms with Gasteiger partial charge in [-0.3, -0.25) is 4.79 Å². The van der Waals surface area contributed by atoms with E-state index in [0.717, 1.165) is 31.4 Å². The van der Waals surface area contributed by atoms with Gasteiger partial charge in [0.05, 0.1) is 6.10 Å². The maximum absolute atomic E-state index is 12.7. The molecule has 0 spiro atoms. The van der Waals surface area contributed by atoms with E-state index in [2.05, 4.69) is 38.3 Å². The summed E-state index contributed by atoms with van der Waals surface area (Å²) >= 11 is 0. The molecular formula is C22H34N2O2. The van der Waals surface area contributed by atoms with Crippen molar-refractivity contribution in [2.24, 2.45) is 0 Å². The first kappa shape index (κ1) is 19.2. The number of nitrogens with one attached hydrogen (secondary N) is 2. The lowest BCUT2D eigenvalue weighted by Gasteiger charge is -2.46. The highest BCUT2D eigenvalue weighted by Gasteiger charge is 2.38.